The van der Waals surface area contributed by atoms with Crippen molar-refractivity contribution in [1.82, 2.24) is 15.5 Å². The van der Waals surface area contributed by atoms with Gasteiger partial charge in [0.15, 0.2) is 0 Å². The fourth-order valence-electron chi connectivity index (χ4n) is 5.65. The molecule has 2 fully saturated rings. The summed E-state index contributed by atoms with van der Waals surface area (Å²) >= 11 is 0. The Hall–Kier alpha value is -2.57. The van der Waals surface area contributed by atoms with Crippen molar-refractivity contribution < 1.29 is 19.1 Å². The highest BCUT2D eigenvalue weighted by Gasteiger charge is 2.37. The minimum atomic E-state index is -0.627. The summed E-state index contributed by atoms with van der Waals surface area (Å²) < 4.78 is 5.62. The Kier molecular flexibility index (Phi) is 8.02. The summed E-state index contributed by atoms with van der Waals surface area (Å²) in [6.45, 7) is 6.45. The van der Waals surface area contributed by atoms with Crippen molar-refractivity contribution in [3.63, 3.8) is 0 Å². The van der Waals surface area contributed by atoms with Crippen LogP contribution in [0.4, 0.5) is 4.79 Å². The molecule has 2 aliphatic carbocycles. The Morgan fingerprint density at radius 3 is 2.26 bits per heavy atom. The highest BCUT2D eigenvalue weighted by Crippen LogP contribution is 2.30. The fraction of sp³-hybridized carbons (Fsp3) is 0.679. The first-order chi connectivity index (χ1) is 16.7. The lowest BCUT2D eigenvalue weighted by Crippen LogP contribution is -2.54. The molecule has 2 saturated carbocycles. The van der Waals surface area contributed by atoms with Crippen LogP contribution >= 0.6 is 0 Å². The van der Waals surface area contributed by atoms with Gasteiger partial charge >= 0.3 is 6.09 Å². The van der Waals surface area contributed by atoms with Gasteiger partial charge in [-0.05, 0) is 76.3 Å². The van der Waals surface area contributed by atoms with Gasteiger partial charge in [-0.25, -0.2) is 4.79 Å². The number of benzene rings is 1. The Labute approximate surface area is 209 Å². The minimum Gasteiger partial charge on any atom is -0.444 e. The third kappa shape index (κ3) is 6.77. The van der Waals surface area contributed by atoms with E-state index in [0.29, 0.717) is 31.5 Å². The van der Waals surface area contributed by atoms with E-state index in [9.17, 15) is 14.4 Å². The van der Waals surface area contributed by atoms with E-state index >= 15 is 0 Å². The Morgan fingerprint density at radius 1 is 0.943 bits per heavy atom. The molecule has 4 rings (SSSR count). The largest absolute Gasteiger partial charge is 0.444 e. The molecule has 0 bridgehead atoms. The monoisotopic (exact) mass is 483 g/mol. The lowest BCUT2D eigenvalue weighted by atomic mass is 9.81. The number of hydrogen-bond donors (Lipinski definition) is 2. The summed E-state index contributed by atoms with van der Waals surface area (Å²) in [5, 5.41) is 6.35. The topological polar surface area (TPSA) is 87.7 Å². The molecule has 3 amide bonds. The van der Waals surface area contributed by atoms with Crippen molar-refractivity contribution in [2.24, 2.45) is 11.8 Å². The molecule has 2 N–H and O–H groups in total. The van der Waals surface area contributed by atoms with Crippen LogP contribution in [-0.4, -0.2) is 47.0 Å². The van der Waals surface area contributed by atoms with E-state index in [1.807, 2.05) is 45.0 Å². The lowest BCUT2D eigenvalue weighted by Gasteiger charge is -2.37. The first kappa shape index (κ1) is 25.5. The molecular formula is C28H41N3O4. The molecule has 1 aliphatic heterocycles. The highest BCUT2D eigenvalue weighted by molar-refractivity contribution is 5.86. The number of rotatable bonds is 5. The fourth-order valence-corrected chi connectivity index (χ4v) is 5.65. The molecule has 1 aromatic carbocycles. The molecule has 3 aliphatic rings. The number of carbonyl (C=O) groups excluding carboxylic acids is 3. The molecule has 0 aromatic heterocycles. The van der Waals surface area contributed by atoms with Crippen LogP contribution in [-0.2, 0) is 27.3 Å². The first-order valence-corrected chi connectivity index (χ1v) is 13.3. The molecule has 1 atom stereocenters. The second kappa shape index (κ2) is 11.0. The van der Waals surface area contributed by atoms with Crippen molar-refractivity contribution in [3.05, 3.63) is 35.4 Å². The minimum absolute atomic E-state index is 0.0973. The molecule has 0 radical (unpaired) electrons. The van der Waals surface area contributed by atoms with E-state index in [1.54, 1.807) is 4.90 Å². The van der Waals surface area contributed by atoms with Crippen LogP contribution < -0.4 is 10.6 Å². The summed E-state index contributed by atoms with van der Waals surface area (Å²) in [5.74, 6) is 0.542. The number of fused-ring (bicyclic) bond motifs is 1. The zero-order valence-electron chi connectivity index (χ0n) is 21.5. The summed E-state index contributed by atoms with van der Waals surface area (Å²) in [5.41, 5.74) is 1.52. The summed E-state index contributed by atoms with van der Waals surface area (Å²) in [6, 6.07) is 7.73. The smallest absolute Gasteiger partial charge is 0.411 e. The number of nitrogens with one attached hydrogen (secondary N) is 2. The van der Waals surface area contributed by atoms with E-state index in [-0.39, 0.29) is 17.7 Å². The zero-order chi connectivity index (χ0) is 25.0. The molecule has 7 nitrogen and oxygen atoms in total. The van der Waals surface area contributed by atoms with Crippen molar-refractivity contribution in [1.29, 1.82) is 0 Å². The van der Waals surface area contributed by atoms with Crippen LogP contribution in [0.5, 0.6) is 0 Å². The van der Waals surface area contributed by atoms with Crippen LogP contribution in [0.3, 0.4) is 0 Å². The van der Waals surface area contributed by atoms with Gasteiger partial charge in [0.2, 0.25) is 11.8 Å². The van der Waals surface area contributed by atoms with Gasteiger partial charge in [-0.1, -0.05) is 37.1 Å². The molecule has 7 heteroatoms. The van der Waals surface area contributed by atoms with Gasteiger partial charge in [-0.2, -0.15) is 0 Å². The molecule has 0 saturated heterocycles. The number of hydrogen-bond acceptors (Lipinski definition) is 4. The van der Waals surface area contributed by atoms with Gasteiger partial charge in [0.05, 0.1) is 6.54 Å². The maximum atomic E-state index is 13.3. The number of carbonyl (C=O) groups is 3. The number of amides is 3. The van der Waals surface area contributed by atoms with Gasteiger partial charge in [0.1, 0.15) is 11.6 Å². The molecular weight excluding hydrogens is 442 g/mol. The maximum absolute atomic E-state index is 13.3. The van der Waals surface area contributed by atoms with Crippen molar-refractivity contribution in [2.45, 2.75) is 103 Å². The van der Waals surface area contributed by atoms with Crippen molar-refractivity contribution >= 4 is 17.9 Å². The summed E-state index contributed by atoms with van der Waals surface area (Å²) in [4.78, 5) is 40.4. The normalized spacial score (nSPS) is 25.0. The van der Waals surface area contributed by atoms with Gasteiger partial charge in [0.25, 0.3) is 0 Å². The van der Waals surface area contributed by atoms with Crippen molar-refractivity contribution in [2.75, 3.05) is 6.54 Å². The van der Waals surface area contributed by atoms with Crippen LogP contribution in [0.15, 0.2) is 24.3 Å². The highest BCUT2D eigenvalue weighted by atomic mass is 16.6. The van der Waals surface area contributed by atoms with E-state index in [0.717, 1.165) is 49.7 Å². The zero-order valence-corrected chi connectivity index (χ0v) is 21.5. The van der Waals surface area contributed by atoms with Crippen LogP contribution in [0.1, 0.15) is 83.3 Å². The van der Waals surface area contributed by atoms with E-state index in [1.165, 1.54) is 12.8 Å². The SMILES string of the molecule is CC(C)(C)OC(=O)N1Cc2ccccc2C[C@H]1C(=O)NCC1CCC(C(=O)NC2CCCC2)CC1. The van der Waals surface area contributed by atoms with Gasteiger partial charge in [-0.15, -0.1) is 0 Å². The molecule has 0 spiro atoms. The predicted molar refractivity (Wildman–Crippen MR) is 135 cm³/mol. The second-order valence-corrected chi connectivity index (χ2v) is 11.5. The molecule has 192 valence electrons. The Balaban J connectivity index is 1.30. The quantitative estimate of drug-likeness (QED) is 0.653. The molecule has 1 heterocycles. The third-order valence-corrected chi connectivity index (χ3v) is 7.66. The Morgan fingerprint density at radius 2 is 1.60 bits per heavy atom. The first-order valence-electron chi connectivity index (χ1n) is 13.3. The molecule has 0 unspecified atom stereocenters. The lowest BCUT2D eigenvalue weighted by molar-refractivity contribution is -0.128. The van der Waals surface area contributed by atoms with E-state index < -0.39 is 17.7 Å². The second-order valence-electron chi connectivity index (χ2n) is 11.5. The van der Waals surface area contributed by atoms with Gasteiger partial charge in [0, 0.05) is 24.9 Å². The average molecular weight is 484 g/mol. The van der Waals surface area contributed by atoms with Crippen LogP contribution in [0.25, 0.3) is 0 Å². The molecule has 35 heavy (non-hydrogen) atoms. The predicted octanol–water partition coefficient (Wildman–Crippen LogP) is 4.33. The van der Waals surface area contributed by atoms with Gasteiger partial charge in [-0.3, -0.25) is 14.5 Å². The van der Waals surface area contributed by atoms with Crippen LogP contribution in [0, 0.1) is 11.8 Å². The average Bonchev–Trinajstić information content (AvgIpc) is 3.34. The summed E-state index contributed by atoms with van der Waals surface area (Å²) in [6.07, 6.45) is 8.30. The standard InChI is InChI=1S/C28H41N3O4/c1-28(2,3)35-27(34)31-18-22-9-5-4-8-21(22)16-24(31)26(33)29-17-19-12-14-20(15-13-19)25(32)30-23-10-6-7-11-23/h4-5,8-9,19-20,23-24H,6-7,10-18H2,1-3H3,(H,29,33)(H,30,32)/t19?,20?,24-/m0/s1. The number of ether oxygens (including phenoxy) is 1. The third-order valence-electron chi connectivity index (χ3n) is 7.66. The maximum Gasteiger partial charge on any atom is 0.411 e. The summed E-state index contributed by atoms with van der Waals surface area (Å²) in [7, 11) is 0. The van der Waals surface area contributed by atoms with Crippen LogP contribution in [0.2, 0.25) is 0 Å². The number of nitrogens with zero attached hydrogens (tertiary/aromatic N) is 1. The van der Waals surface area contributed by atoms with E-state index in [4.69, 9.17) is 4.74 Å². The van der Waals surface area contributed by atoms with Gasteiger partial charge < -0.3 is 15.4 Å². The van der Waals surface area contributed by atoms with E-state index in [2.05, 4.69) is 10.6 Å². The molecule has 1 aromatic rings. The Bertz CT molecular complexity index is 911. The van der Waals surface area contributed by atoms with Crippen molar-refractivity contribution in [3.8, 4) is 0 Å².